The molecule has 2 aliphatic rings. The van der Waals surface area contributed by atoms with Crippen molar-refractivity contribution < 1.29 is 13.9 Å². The van der Waals surface area contributed by atoms with Gasteiger partial charge in [-0.3, -0.25) is 9.80 Å². The Balaban J connectivity index is 1.44. The van der Waals surface area contributed by atoms with Gasteiger partial charge in [-0.25, -0.2) is 14.2 Å². The van der Waals surface area contributed by atoms with Crippen molar-refractivity contribution in [3.63, 3.8) is 0 Å². The maximum atomic E-state index is 15.6. The third-order valence-electron chi connectivity index (χ3n) is 6.62. The van der Waals surface area contributed by atoms with E-state index in [1.807, 2.05) is 6.92 Å². The summed E-state index contributed by atoms with van der Waals surface area (Å²) in [4.78, 5) is 21.1. The Morgan fingerprint density at radius 3 is 2.59 bits per heavy atom. The van der Waals surface area contributed by atoms with Crippen LogP contribution in [0, 0.1) is 5.82 Å². The Morgan fingerprint density at radius 2 is 1.84 bits per heavy atom. The topological polar surface area (TPSA) is 69.7 Å². The van der Waals surface area contributed by atoms with Gasteiger partial charge in [0.15, 0.2) is 0 Å². The molecule has 2 aromatic carbocycles. The molecule has 1 fully saturated rings. The van der Waals surface area contributed by atoms with Crippen LogP contribution in [0.15, 0.2) is 48.7 Å². The maximum Gasteiger partial charge on any atom is 0.334 e. The summed E-state index contributed by atoms with van der Waals surface area (Å²) in [6.45, 7) is 5.14. The molecule has 10 heteroatoms. The van der Waals surface area contributed by atoms with Gasteiger partial charge >= 0.3 is 6.03 Å². The van der Waals surface area contributed by atoms with Crippen LogP contribution in [0.4, 0.5) is 32.1 Å². The predicted octanol–water partition coefficient (Wildman–Crippen LogP) is 6.47. The number of rotatable bonds is 7. The van der Waals surface area contributed by atoms with Gasteiger partial charge in [0, 0.05) is 66.9 Å². The van der Waals surface area contributed by atoms with Crippen LogP contribution in [0.5, 0.6) is 0 Å². The lowest BCUT2D eigenvalue weighted by Gasteiger charge is -2.28. The summed E-state index contributed by atoms with van der Waals surface area (Å²) in [5, 5.41) is 7.61. The van der Waals surface area contributed by atoms with E-state index in [2.05, 4.69) is 15.6 Å². The second kappa shape index (κ2) is 11.2. The van der Waals surface area contributed by atoms with Crippen LogP contribution in [0.2, 0.25) is 10.0 Å². The molecular formula is C27H28Cl2FN5O2. The van der Waals surface area contributed by atoms with Crippen LogP contribution in [0.1, 0.15) is 19.8 Å². The molecule has 2 N–H and O–H groups in total. The number of halogens is 3. The molecule has 1 saturated heterocycles. The molecule has 0 radical (unpaired) electrons. The van der Waals surface area contributed by atoms with Crippen LogP contribution in [-0.2, 0) is 4.74 Å². The molecule has 0 unspecified atom stereocenters. The number of amides is 2. The fourth-order valence-electron chi connectivity index (χ4n) is 4.78. The zero-order chi connectivity index (χ0) is 25.9. The molecule has 3 aromatic rings. The highest BCUT2D eigenvalue weighted by molar-refractivity contribution is 6.32. The van der Waals surface area contributed by atoms with Crippen molar-refractivity contribution in [3.05, 3.63) is 64.5 Å². The van der Waals surface area contributed by atoms with E-state index in [0.29, 0.717) is 57.5 Å². The Morgan fingerprint density at radius 1 is 1.03 bits per heavy atom. The van der Waals surface area contributed by atoms with Gasteiger partial charge in [0.2, 0.25) is 0 Å². The summed E-state index contributed by atoms with van der Waals surface area (Å²) in [6, 6.07) is 11.8. The molecule has 0 atom stereocenters. The highest BCUT2D eigenvalue weighted by Gasteiger charge is 2.34. The number of nitrogens with one attached hydrogen (secondary N) is 2. The number of aromatic nitrogens is 1. The van der Waals surface area contributed by atoms with Gasteiger partial charge in [0.05, 0.1) is 16.4 Å². The van der Waals surface area contributed by atoms with Gasteiger partial charge in [-0.05, 0) is 56.2 Å². The van der Waals surface area contributed by atoms with Gasteiger partial charge in [0.1, 0.15) is 11.6 Å². The molecule has 0 spiro atoms. The summed E-state index contributed by atoms with van der Waals surface area (Å²) >= 11 is 12.6. The highest BCUT2D eigenvalue weighted by Crippen LogP contribution is 2.45. The van der Waals surface area contributed by atoms with Crippen LogP contribution < -0.4 is 20.4 Å². The fraction of sp³-hybridized carbons (Fsp3) is 0.333. The number of carbonyl (C=O) groups excluding carboxylic acids is 1. The van der Waals surface area contributed by atoms with Crippen LogP contribution >= 0.6 is 23.2 Å². The second-order valence-corrected chi connectivity index (χ2v) is 9.86. The number of ether oxygens (including phenoxy) is 1. The first-order valence-electron chi connectivity index (χ1n) is 12.4. The Kier molecular flexibility index (Phi) is 7.81. The van der Waals surface area contributed by atoms with E-state index < -0.39 is 11.8 Å². The summed E-state index contributed by atoms with van der Waals surface area (Å²) in [5.41, 5.74) is 2.57. The number of nitrogens with zero attached hydrogens (tertiary/aromatic N) is 3. The fourth-order valence-corrected chi connectivity index (χ4v) is 5.10. The zero-order valence-electron chi connectivity index (χ0n) is 20.4. The van der Waals surface area contributed by atoms with Gasteiger partial charge in [0.25, 0.3) is 0 Å². The van der Waals surface area contributed by atoms with Crippen molar-refractivity contribution in [1.82, 2.24) is 10.3 Å². The summed E-state index contributed by atoms with van der Waals surface area (Å²) < 4.78 is 21.0. The number of urea groups is 1. The SMILES string of the molecule is CCN1C(=O)N(c2ccc(NCCNC3CCOCC3)cc2F)c2cc(Cl)ccc2-c2cc(Cl)cnc21. The Bertz CT molecular complexity index is 1300. The Labute approximate surface area is 225 Å². The van der Waals surface area contributed by atoms with Gasteiger partial charge in [-0.15, -0.1) is 0 Å². The molecule has 0 aliphatic carbocycles. The molecule has 7 nitrogen and oxygen atoms in total. The highest BCUT2D eigenvalue weighted by atomic mass is 35.5. The first-order valence-corrected chi connectivity index (χ1v) is 13.1. The molecular weight excluding hydrogens is 516 g/mol. The Hall–Kier alpha value is -2.91. The summed E-state index contributed by atoms with van der Waals surface area (Å²) in [7, 11) is 0. The minimum Gasteiger partial charge on any atom is -0.384 e. The van der Waals surface area contributed by atoms with Crippen molar-refractivity contribution in [1.29, 1.82) is 0 Å². The average Bonchev–Trinajstić information content (AvgIpc) is 2.99. The van der Waals surface area contributed by atoms with Crippen molar-refractivity contribution in [3.8, 4) is 11.1 Å². The third-order valence-corrected chi connectivity index (χ3v) is 7.06. The van der Waals surface area contributed by atoms with Crippen molar-refractivity contribution in [2.24, 2.45) is 0 Å². The molecule has 3 heterocycles. The molecule has 1 aromatic heterocycles. The van der Waals surface area contributed by atoms with Gasteiger partial charge in [-0.2, -0.15) is 0 Å². The van der Waals surface area contributed by atoms with E-state index in [4.69, 9.17) is 27.9 Å². The lowest BCUT2D eigenvalue weighted by Crippen LogP contribution is -2.41. The number of hydrogen-bond donors (Lipinski definition) is 2. The van der Waals surface area contributed by atoms with E-state index in [9.17, 15) is 4.79 Å². The van der Waals surface area contributed by atoms with E-state index in [-0.39, 0.29) is 5.69 Å². The number of carbonyl (C=O) groups is 1. The number of benzene rings is 2. The standard InChI is InChI=1S/C27H28Cl2FN5O2/c1-2-34-26-22(13-18(29)16-33-26)21-5-3-17(28)14-25(21)35(27(34)36)24-6-4-20(15-23(24)30)32-10-9-31-19-7-11-37-12-8-19/h3-6,13-16,19,31-32H,2,7-12H2,1H3. The predicted molar refractivity (Wildman–Crippen MR) is 147 cm³/mol. The second-order valence-electron chi connectivity index (χ2n) is 8.98. The minimum atomic E-state index is -0.533. The quantitative estimate of drug-likeness (QED) is 0.334. The average molecular weight is 544 g/mol. The summed E-state index contributed by atoms with van der Waals surface area (Å²) in [5.74, 6) is -0.0756. The zero-order valence-corrected chi connectivity index (χ0v) is 21.9. The van der Waals surface area contributed by atoms with E-state index in [1.54, 1.807) is 36.4 Å². The van der Waals surface area contributed by atoms with E-state index in [1.165, 1.54) is 22.1 Å². The number of fused-ring (bicyclic) bond motifs is 3. The van der Waals surface area contributed by atoms with Crippen molar-refractivity contribution in [2.45, 2.75) is 25.8 Å². The summed E-state index contributed by atoms with van der Waals surface area (Å²) in [6.07, 6.45) is 3.50. The first-order chi connectivity index (χ1) is 18.0. The molecule has 5 rings (SSSR count). The van der Waals surface area contributed by atoms with Crippen LogP contribution in [0.25, 0.3) is 11.1 Å². The van der Waals surface area contributed by atoms with E-state index >= 15 is 4.39 Å². The molecule has 0 bridgehead atoms. The minimum absolute atomic E-state index is 0.122. The van der Waals surface area contributed by atoms with Gasteiger partial charge < -0.3 is 15.4 Å². The molecule has 37 heavy (non-hydrogen) atoms. The molecule has 2 amide bonds. The van der Waals surface area contributed by atoms with Crippen LogP contribution in [0.3, 0.4) is 0 Å². The first kappa shape index (κ1) is 25.7. The maximum absolute atomic E-state index is 15.6. The number of anilines is 4. The molecule has 2 aliphatic heterocycles. The van der Waals surface area contributed by atoms with Crippen molar-refractivity contribution >= 4 is 52.1 Å². The molecule has 194 valence electrons. The van der Waals surface area contributed by atoms with E-state index in [0.717, 1.165) is 32.6 Å². The normalized spacial score (nSPS) is 15.8. The van der Waals surface area contributed by atoms with Crippen molar-refractivity contribution in [2.75, 3.05) is 48.0 Å². The lowest BCUT2D eigenvalue weighted by molar-refractivity contribution is 0.0784. The lowest BCUT2D eigenvalue weighted by atomic mass is 10.0. The van der Waals surface area contributed by atoms with Crippen LogP contribution in [-0.4, -0.2) is 49.9 Å². The smallest absolute Gasteiger partial charge is 0.334 e. The monoisotopic (exact) mass is 543 g/mol. The number of hydrogen-bond acceptors (Lipinski definition) is 5. The number of pyridine rings is 1. The largest absolute Gasteiger partial charge is 0.384 e. The van der Waals surface area contributed by atoms with Gasteiger partial charge in [-0.1, -0.05) is 29.3 Å². The third kappa shape index (κ3) is 5.38. The molecule has 0 saturated carbocycles.